The molecule has 7 nitrogen and oxygen atoms in total. The molecule has 1 N–H and O–H groups in total. The molecule has 0 radical (unpaired) electrons. The second kappa shape index (κ2) is 8.14. The Kier molecular flexibility index (Phi) is 5.84. The quantitative estimate of drug-likeness (QED) is 0.490. The molecule has 0 aliphatic heterocycles. The Morgan fingerprint density at radius 3 is 2.57 bits per heavy atom. The lowest BCUT2D eigenvalue weighted by Gasteiger charge is -2.17. The first-order chi connectivity index (χ1) is 13.4. The topological polar surface area (TPSA) is 91.0 Å². The standard InChI is InChI=1S/C19H19FNO6P/c1-4-12-9-14(22)11-16-18(12)26-19(21-16)13-7-8-17(15(20)10-13)27-28(23,24-5-2)25-6-3/h4,7-11,22H,1,5-6H2,2-3H3. The molecule has 0 fully saturated rings. The molecule has 3 rings (SSSR count). The summed E-state index contributed by atoms with van der Waals surface area (Å²) in [5.74, 6) is -0.910. The van der Waals surface area contributed by atoms with E-state index in [0.717, 1.165) is 6.07 Å². The molecule has 1 aromatic heterocycles. The third-order valence-corrected chi connectivity index (χ3v) is 5.26. The van der Waals surface area contributed by atoms with Gasteiger partial charge in [-0.2, -0.15) is 0 Å². The van der Waals surface area contributed by atoms with E-state index in [0.29, 0.717) is 22.2 Å². The first-order valence-corrected chi connectivity index (χ1v) is 9.99. The van der Waals surface area contributed by atoms with Gasteiger partial charge < -0.3 is 14.0 Å². The maximum Gasteiger partial charge on any atom is 0.530 e. The van der Waals surface area contributed by atoms with Gasteiger partial charge in [0.25, 0.3) is 0 Å². The number of phenols is 1. The summed E-state index contributed by atoms with van der Waals surface area (Å²) in [6.45, 7) is 7.08. The van der Waals surface area contributed by atoms with Crippen LogP contribution < -0.4 is 4.52 Å². The molecule has 9 heteroatoms. The second-order valence-electron chi connectivity index (χ2n) is 5.63. The number of aromatic hydroxyl groups is 1. The van der Waals surface area contributed by atoms with Gasteiger partial charge in [-0.1, -0.05) is 12.7 Å². The van der Waals surface area contributed by atoms with Crippen molar-refractivity contribution in [2.75, 3.05) is 13.2 Å². The fourth-order valence-electron chi connectivity index (χ4n) is 2.55. The molecule has 0 saturated heterocycles. The molecule has 0 aliphatic carbocycles. The fraction of sp³-hybridized carbons (Fsp3) is 0.211. The molecule has 0 unspecified atom stereocenters. The van der Waals surface area contributed by atoms with Crippen molar-refractivity contribution in [1.29, 1.82) is 0 Å². The summed E-state index contributed by atoms with van der Waals surface area (Å²) < 4.78 is 47.8. The highest BCUT2D eigenvalue weighted by atomic mass is 31.2. The smallest absolute Gasteiger partial charge is 0.508 e. The van der Waals surface area contributed by atoms with Crippen LogP contribution in [0.15, 0.2) is 41.3 Å². The van der Waals surface area contributed by atoms with Gasteiger partial charge in [-0.25, -0.2) is 13.9 Å². The average molecular weight is 407 g/mol. The van der Waals surface area contributed by atoms with E-state index < -0.39 is 13.6 Å². The van der Waals surface area contributed by atoms with Crippen LogP contribution in [0.4, 0.5) is 4.39 Å². The number of halogens is 1. The van der Waals surface area contributed by atoms with Crippen LogP contribution in [0.25, 0.3) is 28.6 Å². The van der Waals surface area contributed by atoms with Gasteiger partial charge in [0.15, 0.2) is 17.1 Å². The number of hydrogen-bond acceptors (Lipinski definition) is 7. The summed E-state index contributed by atoms with van der Waals surface area (Å²) >= 11 is 0. The minimum absolute atomic E-state index is 0.0137. The molecular weight excluding hydrogens is 388 g/mol. The Balaban J connectivity index is 1.95. The lowest BCUT2D eigenvalue weighted by atomic mass is 10.2. The van der Waals surface area contributed by atoms with Gasteiger partial charge in [0, 0.05) is 17.2 Å². The number of benzene rings is 2. The van der Waals surface area contributed by atoms with Gasteiger partial charge in [-0.3, -0.25) is 9.05 Å². The highest BCUT2D eigenvalue weighted by Crippen LogP contribution is 2.50. The van der Waals surface area contributed by atoms with Crippen molar-refractivity contribution < 1.29 is 32.1 Å². The number of nitrogens with zero attached hydrogens (tertiary/aromatic N) is 1. The fourth-order valence-corrected chi connectivity index (χ4v) is 3.75. The molecule has 3 aromatic rings. The van der Waals surface area contributed by atoms with E-state index in [-0.39, 0.29) is 30.6 Å². The number of phosphoric acid groups is 1. The SMILES string of the molecule is C=Cc1cc(O)cc2nc(-c3ccc(OP(=O)(OCC)OCC)c(F)c3)oc12. The van der Waals surface area contributed by atoms with Crippen LogP contribution in [0, 0.1) is 5.82 Å². The van der Waals surface area contributed by atoms with Crippen LogP contribution in [0.1, 0.15) is 19.4 Å². The van der Waals surface area contributed by atoms with Crippen molar-refractivity contribution >= 4 is 25.0 Å². The highest BCUT2D eigenvalue weighted by Gasteiger charge is 2.29. The van der Waals surface area contributed by atoms with Crippen molar-refractivity contribution in [2.45, 2.75) is 13.8 Å². The van der Waals surface area contributed by atoms with Crippen molar-refractivity contribution in [3.63, 3.8) is 0 Å². The summed E-state index contributed by atoms with van der Waals surface area (Å²) in [4.78, 5) is 4.27. The molecule has 1 heterocycles. The van der Waals surface area contributed by atoms with Crippen LogP contribution in [-0.2, 0) is 13.6 Å². The number of oxazole rings is 1. The van der Waals surface area contributed by atoms with Crippen LogP contribution in [0.2, 0.25) is 0 Å². The summed E-state index contributed by atoms with van der Waals surface area (Å²) in [6, 6.07) is 6.84. The first kappa shape index (κ1) is 20.1. The van der Waals surface area contributed by atoms with E-state index in [1.165, 1.54) is 30.3 Å². The van der Waals surface area contributed by atoms with E-state index in [1.54, 1.807) is 13.8 Å². The van der Waals surface area contributed by atoms with Crippen molar-refractivity contribution in [1.82, 2.24) is 4.98 Å². The number of phenolic OH excluding ortho intramolecular Hbond substituents is 1. The Morgan fingerprint density at radius 1 is 1.25 bits per heavy atom. The van der Waals surface area contributed by atoms with Crippen LogP contribution in [-0.4, -0.2) is 23.3 Å². The summed E-state index contributed by atoms with van der Waals surface area (Å²) in [5, 5.41) is 9.74. The molecule has 0 atom stereocenters. The number of aromatic nitrogens is 1. The molecule has 0 spiro atoms. The summed E-state index contributed by atoms with van der Waals surface area (Å²) in [6.07, 6.45) is 1.52. The molecule has 148 valence electrons. The van der Waals surface area contributed by atoms with E-state index in [4.69, 9.17) is 18.0 Å². The number of phosphoric ester groups is 1. The molecule has 0 aliphatic rings. The molecule has 0 saturated carbocycles. The van der Waals surface area contributed by atoms with Crippen LogP contribution in [0.5, 0.6) is 11.5 Å². The lowest BCUT2D eigenvalue weighted by molar-refractivity contribution is 0.166. The average Bonchev–Trinajstić information content (AvgIpc) is 3.07. The molecule has 28 heavy (non-hydrogen) atoms. The molecule has 0 amide bonds. The maximum absolute atomic E-state index is 14.5. The van der Waals surface area contributed by atoms with Crippen molar-refractivity contribution in [3.05, 3.63) is 48.3 Å². The number of fused-ring (bicyclic) bond motifs is 1. The van der Waals surface area contributed by atoms with Gasteiger partial charge in [-0.15, -0.1) is 0 Å². The maximum atomic E-state index is 14.5. The zero-order valence-electron chi connectivity index (χ0n) is 15.3. The van der Waals surface area contributed by atoms with Gasteiger partial charge in [0.05, 0.1) is 13.2 Å². The van der Waals surface area contributed by atoms with E-state index in [9.17, 15) is 14.1 Å². The molecule has 2 aromatic carbocycles. The van der Waals surface area contributed by atoms with E-state index in [2.05, 4.69) is 11.6 Å². The van der Waals surface area contributed by atoms with E-state index >= 15 is 0 Å². The third kappa shape index (κ3) is 4.09. The highest BCUT2D eigenvalue weighted by molar-refractivity contribution is 7.48. The summed E-state index contributed by atoms with van der Waals surface area (Å²) in [7, 11) is -3.91. The molecular formula is C19H19FNO6P. The second-order valence-corrected chi connectivity index (χ2v) is 7.22. The van der Waals surface area contributed by atoms with E-state index in [1.807, 2.05) is 0 Å². The zero-order valence-corrected chi connectivity index (χ0v) is 16.2. The minimum atomic E-state index is -3.91. The Morgan fingerprint density at radius 2 is 1.96 bits per heavy atom. The predicted octanol–water partition coefficient (Wildman–Crippen LogP) is 5.54. The van der Waals surface area contributed by atoms with Crippen molar-refractivity contribution in [3.8, 4) is 23.0 Å². The molecule has 0 bridgehead atoms. The Bertz CT molecular complexity index is 1050. The Labute approximate surface area is 161 Å². The van der Waals surface area contributed by atoms with Gasteiger partial charge >= 0.3 is 7.82 Å². The van der Waals surface area contributed by atoms with Gasteiger partial charge in [0.2, 0.25) is 5.89 Å². The minimum Gasteiger partial charge on any atom is -0.508 e. The van der Waals surface area contributed by atoms with Crippen LogP contribution >= 0.6 is 7.82 Å². The first-order valence-electron chi connectivity index (χ1n) is 8.53. The van der Waals surface area contributed by atoms with Gasteiger partial charge in [0.1, 0.15) is 11.3 Å². The normalized spacial score (nSPS) is 11.7. The monoisotopic (exact) mass is 407 g/mol. The zero-order chi connectivity index (χ0) is 20.3. The lowest BCUT2D eigenvalue weighted by Crippen LogP contribution is -2.03. The largest absolute Gasteiger partial charge is 0.530 e. The number of rotatable bonds is 8. The van der Waals surface area contributed by atoms with Crippen molar-refractivity contribution in [2.24, 2.45) is 0 Å². The van der Waals surface area contributed by atoms with Gasteiger partial charge in [-0.05, 0) is 38.1 Å². The predicted molar refractivity (Wildman–Crippen MR) is 103 cm³/mol. The third-order valence-electron chi connectivity index (χ3n) is 3.69. The number of hydrogen-bond donors (Lipinski definition) is 1. The summed E-state index contributed by atoms with van der Waals surface area (Å²) in [5.41, 5.74) is 1.71. The van der Waals surface area contributed by atoms with Crippen LogP contribution in [0.3, 0.4) is 0 Å². The Hall–Kier alpha value is -2.67.